The molecule has 0 unspecified atom stereocenters. The molecule has 1 aromatic heterocycles. The minimum absolute atomic E-state index is 0.0465. The highest BCUT2D eigenvalue weighted by Crippen LogP contribution is 2.30. The van der Waals surface area contributed by atoms with Crippen LogP contribution in [0.1, 0.15) is 10.7 Å². The molecule has 0 bridgehead atoms. The van der Waals surface area contributed by atoms with E-state index >= 15 is 0 Å². The van der Waals surface area contributed by atoms with E-state index in [1.807, 2.05) is 12.3 Å². The molecule has 0 saturated heterocycles. The summed E-state index contributed by atoms with van der Waals surface area (Å²) in [4.78, 5) is 18.3. The van der Waals surface area contributed by atoms with Crippen molar-refractivity contribution in [2.75, 3.05) is 0 Å². The van der Waals surface area contributed by atoms with Gasteiger partial charge in [-0.15, -0.1) is 11.3 Å². The Bertz CT molecular complexity index is 775. The number of hydrogen-bond donors (Lipinski definition) is 2. The Hall–Kier alpha value is -2.83. The van der Waals surface area contributed by atoms with Crippen molar-refractivity contribution in [3.63, 3.8) is 0 Å². The molecule has 0 saturated carbocycles. The molecular formula is C13H10N4O3S. The molecule has 0 amide bonds. The molecule has 0 aliphatic heterocycles. The lowest BCUT2D eigenvalue weighted by Gasteiger charge is -1.98. The van der Waals surface area contributed by atoms with Crippen LogP contribution in [-0.2, 0) is 0 Å². The Morgan fingerprint density at radius 1 is 1.62 bits per heavy atom. The molecule has 1 aromatic carbocycles. The SMILES string of the molecule is Cc1csc(C(=C=N)C=Nc2cc([N+](=O)[O-])ccc2O)n1. The summed E-state index contributed by atoms with van der Waals surface area (Å²) in [5.74, 6) is 2.02. The molecule has 0 aliphatic carbocycles. The fourth-order valence-electron chi connectivity index (χ4n) is 1.48. The monoisotopic (exact) mass is 302 g/mol. The Balaban J connectivity index is 2.34. The van der Waals surface area contributed by atoms with E-state index < -0.39 is 4.92 Å². The van der Waals surface area contributed by atoms with Crippen molar-refractivity contribution >= 4 is 40.4 Å². The number of non-ortho nitro benzene ring substituents is 1. The molecule has 0 fully saturated rings. The minimum atomic E-state index is -0.573. The number of allylic oxidation sites excluding steroid dienone is 1. The van der Waals surface area contributed by atoms with Crippen LogP contribution in [0.3, 0.4) is 0 Å². The standard InChI is InChI=1S/C13H10N4O3S/c1-8-7-21-13(16-8)9(5-14)6-15-11-4-10(17(19)20)2-3-12(11)18/h2-4,6-7,14,18H,1H3. The maximum atomic E-state index is 10.7. The van der Waals surface area contributed by atoms with Gasteiger partial charge in [0.05, 0.1) is 10.5 Å². The molecule has 7 nitrogen and oxygen atoms in total. The molecular weight excluding hydrogens is 292 g/mol. The van der Waals surface area contributed by atoms with Crippen LogP contribution in [0.15, 0.2) is 28.6 Å². The van der Waals surface area contributed by atoms with Crippen molar-refractivity contribution in [3.8, 4) is 5.75 Å². The summed E-state index contributed by atoms with van der Waals surface area (Å²) in [6.07, 6.45) is 1.30. The quantitative estimate of drug-likeness (QED) is 0.513. The van der Waals surface area contributed by atoms with Gasteiger partial charge in [-0.1, -0.05) is 0 Å². The number of aryl methyl sites for hydroxylation is 1. The zero-order chi connectivity index (χ0) is 15.4. The maximum absolute atomic E-state index is 10.7. The van der Waals surface area contributed by atoms with E-state index in [-0.39, 0.29) is 17.1 Å². The molecule has 0 atom stereocenters. The Labute approximate surface area is 123 Å². The van der Waals surface area contributed by atoms with Crippen LogP contribution in [0.4, 0.5) is 11.4 Å². The van der Waals surface area contributed by atoms with Crippen molar-refractivity contribution < 1.29 is 10.0 Å². The molecule has 0 aliphatic rings. The van der Waals surface area contributed by atoms with Gasteiger partial charge in [-0.25, -0.2) is 4.98 Å². The lowest BCUT2D eigenvalue weighted by molar-refractivity contribution is -0.384. The van der Waals surface area contributed by atoms with Crippen LogP contribution in [-0.4, -0.2) is 27.1 Å². The second-order valence-electron chi connectivity index (χ2n) is 4.02. The molecule has 106 valence electrons. The fourth-order valence-corrected chi connectivity index (χ4v) is 2.24. The molecule has 21 heavy (non-hydrogen) atoms. The number of thiazole rings is 1. The largest absolute Gasteiger partial charge is 0.506 e. The van der Waals surface area contributed by atoms with E-state index in [1.165, 1.54) is 29.7 Å². The van der Waals surface area contributed by atoms with E-state index in [9.17, 15) is 15.2 Å². The van der Waals surface area contributed by atoms with Gasteiger partial charge in [0, 0.05) is 29.4 Å². The summed E-state index contributed by atoms with van der Waals surface area (Å²) in [6.45, 7) is 1.82. The number of nitrogens with zero attached hydrogens (tertiary/aromatic N) is 3. The van der Waals surface area contributed by atoms with E-state index in [0.717, 1.165) is 11.8 Å². The molecule has 8 heteroatoms. The molecule has 2 N–H and O–H groups in total. The van der Waals surface area contributed by atoms with Crippen molar-refractivity contribution in [3.05, 3.63) is 44.4 Å². The van der Waals surface area contributed by atoms with Gasteiger partial charge in [-0.05, 0) is 18.9 Å². The number of aromatic hydroxyl groups is 1. The number of hydrogen-bond acceptors (Lipinski definition) is 7. The van der Waals surface area contributed by atoms with Gasteiger partial charge < -0.3 is 5.11 Å². The number of phenolic OH excluding ortho intramolecular Hbond substituents is 1. The van der Waals surface area contributed by atoms with Gasteiger partial charge >= 0.3 is 0 Å². The lowest BCUT2D eigenvalue weighted by atomic mass is 10.2. The van der Waals surface area contributed by atoms with Gasteiger partial charge in [0.15, 0.2) is 0 Å². The number of nitro groups is 1. The number of nitro benzene ring substituents is 1. The van der Waals surface area contributed by atoms with Crippen molar-refractivity contribution in [1.82, 2.24) is 4.98 Å². The third kappa shape index (κ3) is 3.38. The van der Waals surface area contributed by atoms with Gasteiger partial charge in [0.2, 0.25) is 0 Å². The van der Waals surface area contributed by atoms with Gasteiger partial charge in [-0.3, -0.25) is 20.5 Å². The van der Waals surface area contributed by atoms with E-state index in [0.29, 0.717) is 10.6 Å². The zero-order valence-electron chi connectivity index (χ0n) is 10.9. The van der Waals surface area contributed by atoms with Crippen LogP contribution >= 0.6 is 11.3 Å². The molecule has 1 heterocycles. The van der Waals surface area contributed by atoms with Crippen LogP contribution < -0.4 is 0 Å². The topological polar surface area (TPSA) is 112 Å². The Kier molecular flexibility index (Phi) is 4.22. The first-order chi connectivity index (χ1) is 10.0. The highest BCUT2D eigenvalue weighted by molar-refractivity contribution is 7.11. The molecule has 0 spiro atoms. The minimum Gasteiger partial charge on any atom is -0.506 e. The summed E-state index contributed by atoms with van der Waals surface area (Å²) >= 11 is 1.34. The fraction of sp³-hybridized carbons (Fsp3) is 0.0769. The Morgan fingerprint density at radius 2 is 2.38 bits per heavy atom. The maximum Gasteiger partial charge on any atom is 0.271 e. The highest BCUT2D eigenvalue weighted by atomic mass is 32.1. The molecule has 2 rings (SSSR count). The molecule has 0 radical (unpaired) electrons. The summed E-state index contributed by atoms with van der Waals surface area (Å²) in [6, 6.07) is 3.54. The third-order valence-electron chi connectivity index (χ3n) is 2.49. The van der Waals surface area contributed by atoms with Gasteiger partial charge in [0.25, 0.3) is 5.69 Å². The molecule has 2 aromatic rings. The Morgan fingerprint density at radius 3 is 2.95 bits per heavy atom. The summed E-state index contributed by atoms with van der Waals surface area (Å²) in [5, 5.41) is 30.0. The van der Waals surface area contributed by atoms with Crippen LogP contribution in [0.25, 0.3) is 5.57 Å². The number of nitrogens with one attached hydrogen (secondary N) is 1. The highest BCUT2D eigenvalue weighted by Gasteiger charge is 2.10. The first-order valence-electron chi connectivity index (χ1n) is 5.75. The average molecular weight is 302 g/mol. The predicted molar refractivity (Wildman–Crippen MR) is 80.9 cm³/mol. The summed E-state index contributed by atoms with van der Waals surface area (Å²) in [5.41, 5.74) is 1.02. The first-order valence-corrected chi connectivity index (χ1v) is 6.63. The smallest absolute Gasteiger partial charge is 0.271 e. The van der Waals surface area contributed by atoms with Crippen LogP contribution in [0, 0.1) is 22.4 Å². The van der Waals surface area contributed by atoms with E-state index in [4.69, 9.17) is 5.41 Å². The van der Waals surface area contributed by atoms with Crippen molar-refractivity contribution in [2.45, 2.75) is 6.92 Å². The second-order valence-corrected chi connectivity index (χ2v) is 4.88. The summed E-state index contributed by atoms with van der Waals surface area (Å²) in [7, 11) is 0. The van der Waals surface area contributed by atoms with Crippen molar-refractivity contribution in [1.29, 1.82) is 5.41 Å². The van der Waals surface area contributed by atoms with Gasteiger partial charge in [0.1, 0.15) is 16.4 Å². The number of rotatable bonds is 4. The predicted octanol–water partition coefficient (Wildman–Crippen LogP) is 3.10. The van der Waals surface area contributed by atoms with E-state index in [1.54, 1.807) is 0 Å². The van der Waals surface area contributed by atoms with Gasteiger partial charge in [-0.2, -0.15) is 0 Å². The zero-order valence-corrected chi connectivity index (χ0v) is 11.7. The third-order valence-corrected chi connectivity index (χ3v) is 3.48. The normalized spacial score (nSPS) is 10.5. The van der Waals surface area contributed by atoms with Crippen LogP contribution in [0.5, 0.6) is 5.75 Å². The number of aliphatic imine (C=N–C) groups is 1. The van der Waals surface area contributed by atoms with Crippen molar-refractivity contribution in [2.24, 2.45) is 4.99 Å². The number of benzene rings is 1. The first kappa shape index (κ1) is 14.6. The number of aromatic nitrogens is 1. The summed E-state index contributed by atoms with van der Waals surface area (Å²) < 4.78 is 0. The second kappa shape index (κ2) is 6.08. The van der Waals surface area contributed by atoms with Crippen LogP contribution in [0.2, 0.25) is 0 Å². The lowest BCUT2D eigenvalue weighted by Crippen LogP contribution is -1.88. The average Bonchev–Trinajstić information content (AvgIpc) is 2.87. The van der Waals surface area contributed by atoms with E-state index in [2.05, 4.69) is 15.8 Å². The number of phenols is 1.